The third kappa shape index (κ3) is 7.68. The van der Waals surface area contributed by atoms with Gasteiger partial charge in [-0.15, -0.1) is 0 Å². The van der Waals surface area contributed by atoms with Gasteiger partial charge in [0, 0.05) is 43.8 Å². The van der Waals surface area contributed by atoms with Crippen molar-refractivity contribution in [2.75, 3.05) is 20.2 Å². The Labute approximate surface area is 243 Å². The molecule has 210 valence electrons. The van der Waals surface area contributed by atoms with Gasteiger partial charge in [-0.1, -0.05) is 91.9 Å². The lowest BCUT2D eigenvalue weighted by molar-refractivity contribution is 0.255. The zero-order valence-corrected chi connectivity index (χ0v) is 24.0. The number of furan rings is 1. The monoisotopic (exact) mass is 545 g/mol. The van der Waals surface area contributed by atoms with Crippen LogP contribution in [0.15, 0.2) is 125 Å². The number of aliphatic hydroxyl groups is 1. The lowest BCUT2D eigenvalue weighted by atomic mass is 9.90. The van der Waals surface area contributed by atoms with Crippen LogP contribution in [0.1, 0.15) is 47.3 Å². The second-order valence-corrected chi connectivity index (χ2v) is 10.6. The minimum absolute atomic E-state index is 0.248. The van der Waals surface area contributed by atoms with Gasteiger partial charge in [-0.05, 0) is 59.0 Å². The number of hydrogen-bond donors (Lipinski definition) is 1. The minimum Gasteiger partial charge on any atom is -0.512 e. The van der Waals surface area contributed by atoms with Crippen molar-refractivity contribution in [1.29, 1.82) is 0 Å². The quantitative estimate of drug-likeness (QED) is 0.150. The van der Waals surface area contributed by atoms with Gasteiger partial charge in [0.25, 0.3) is 0 Å². The molecule has 0 unspecified atom stereocenters. The van der Waals surface area contributed by atoms with Gasteiger partial charge in [-0.3, -0.25) is 4.90 Å². The lowest BCUT2D eigenvalue weighted by Gasteiger charge is -2.28. The Kier molecular flexibility index (Phi) is 9.56. The molecule has 0 aliphatic carbocycles. The average molecular weight is 546 g/mol. The maximum absolute atomic E-state index is 10.1. The predicted molar refractivity (Wildman–Crippen MR) is 168 cm³/mol. The van der Waals surface area contributed by atoms with Gasteiger partial charge in [0.15, 0.2) is 0 Å². The first-order chi connectivity index (χ1) is 20.1. The molecule has 0 radical (unpaired) electrons. The number of fused-ring (bicyclic) bond motifs is 1. The number of rotatable bonds is 13. The van der Waals surface area contributed by atoms with Crippen LogP contribution in [-0.2, 0) is 19.4 Å². The highest BCUT2D eigenvalue weighted by atomic mass is 16.5. The van der Waals surface area contributed by atoms with Crippen molar-refractivity contribution in [3.8, 4) is 5.75 Å². The third-order valence-corrected chi connectivity index (χ3v) is 7.54. The van der Waals surface area contributed by atoms with Crippen LogP contribution in [0.4, 0.5) is 0 Å². The van der Waals surface area contributed by atoms with Crippen molar-refractivity contribution in [2.24, 2.45) is 0 Å². The molecule has 0 aliphatic rings. The summed E-state index contributed by atoms with van der Waals surface area (Å²) in [4.78, 5) is 2.53. The normalized spacial score (nSPS) is 12.0. The van der Waals surface area contributed by atoms with Crippen molar-refractivity contribution < 1.29 is 14.3 Å². The molecule has 5 aromatic rings. The number of nitrogens with zero attached hydrogens (tertiary/aromatic N) is 1. The van der Waals surface area contributed by atoms with Gasteiger partial charge in [0.1, 0.15) is 17.1 Å². The molecule has 0 saturated carbocycles. The molecule has 5 rings (SSSR count). The summed E-state index contributed by atoms with van der Waals surface area (Å²) in [5.74, 6) is 2.49. The molecule has 41 heavy (non-hydrogen) atoms. The van der Waals surface area contributed by atoms with E-state index in [1.165, 1.54) is 16.7 Å². The van der Waals surface area contributed by atoms with Crippen molar-refractivity contribution in [3.63, 3.8) is 0 Å². The second kappa shape index (κ2) is 13.9. The standard InChI is InChI=1S/C37H39NO3/c1-3-10-33(39)23-29-15-18-32-25-35(41-37(32)24-29)21-22-38(26-28-16-19-34(40-2)20-17-28)27-36(30-11-6-4-7-12-30)31-13-8-5-9-14-31/h4-20,24-25,36,39H,3,21-23,26-27H2,1-2H3/b33-10-. The number of methoxy groups -OCH3 is 1. The molecule has 0 amide bonds. The Morgan fingerprint density at radius 1 is 0.854 bits per heavy atom. The molecule has 0 fully saturated rings. The van der Waals surface area contributed by atoms with E-state index in [-0.39, 0.29) is 5.92 Å². The summed E-state index contributed by atoms with van der Waals surface area (Å²) in [5, 5.41) is 11.2. The van der Waals surface area contributed by atoms with Gasteiger partial charge in [-0.25, -0.2) is 0 Å². The van der Waals surface area contributed by atoms with Crippen molar-refractivity contribution in [1.82, 2.24) is 4.90 Å². The van der Waals surface area contributed by atoms with E-state index in [0.29, 0.717) is 12.2 Å². The van der Waals surface area contributed by atoms with Gasteiger partial charge >= 0.3 is 0 Å². The number of ether oxygens (including phenoxy) is 1. The molecule has 0 saturated heterocycles. The highest BCUT2D eigenvalue weighted by molar-refractivity contribution is 5.78. The molecular weight excluding hydrogens is 506 g/mol. The Balaban J connectivity index is 1.38. The lowest BCUT2D eigenvalue weighted by Crippen LogP contribution is -2.31. The molecule has 4 nitrogen and oxygen atoms in total. The average Bonchev–Trinajstić information content (AvgIpc) is 3.42. The first-order valence-corrected chi connectivity index (χ1v) is 14.5. The first-order valence-electron chi connectivity index (χ1n) is 14.5. The fourth-order valence-corrected chi connectivity index (χ4v) is 5.41. The molecule has 0 atom stereocenters. The van der Waals surface area contributed by atoms with Gasteiger partial charge < -0.3 is 14.3 Å². The van der Waals surface area contributed by atoms with Crippen LogP contribution in [0.3, 0.4) is 0 Å². The molecule has 4 heteroatoms. The van der Waals surface area contributed by atoms with Crippen LogP contribution in [0.2, 0.25) is 0 Å². The summed E-state index contributed by atoms with van der Waals surface area (Å²) in [7, 11) is 1.70. The van der Waals surface area contributed by atoms with Crippen LogP contribution in [0, 0.1) is 0 Å². The summed E-state index contributed by atoms with van der Waals surface area (Å²) < 4.78 is 11.7. The van der Waals surface area contributed by atoms with Gasteiger partial charge in [-0.2, -0.15) is 0 Å². The van der Waals surface area contributed by atoms with E-state index in [1.54, 1.807) is 7.11 Å². The first kappa shape index (κ1) is 28.3. The van der Waals surface area contributed by atoms with E-state index < -0.39 is 0 Å². The zero-order valence-electron chi connectivity index (χ0n) is 24.0. The summed E-state index contributed by atoms with van der Waals surface area (Å²) in [5.41, 5.74) is 5.80. The molecule has 4 aromatic carbocycles. The fraction of sp³-hybridized carbons (Fsp3) is 0.243. The summed E-state index contributed by atoms with van der Waals surface area (Å²) in [6, 6.07) is 38.3. The largest absolute Gasteiger partial charge is 0.512 e. The van der Waals surface area contributed by atoms with Crippen molar-refractivity contribution in [2.45, 2.75) is 38.6 Å². The highest BCUT2D eigenvalue weighted by Gasteiger charge is 2.19. The van der Waals surface area contributed by atoms with Crippen molar-refractivity contribution >= 4 is 11.0 Å². The summed E-state index contributed by atoms with van der Waals surface area (Å²) in [6.45, 7) is 4.59. The van der Waals surface area contributed by atoms with E-state index in [0.717, 1.165) is 60.5 Å². The number of allylic oxidation sites excluding steroid dienone is 2. The smallest absolute Gasteiger partial charge is 0.134 e. The van der Waals surface area contributed by atoms with E-state index >= 15 is 0 Å². The Bertz CT molecular complexity index is 1500. The number of aliphatic hydroxyl groups excluding tert-OH is 1. The van der Waals surface area contributed by atoms with Crippen LogP contribution >= 0.6 is 0 Å². The molecule has 0 bridgehead atoms. The number of benzene rings is 4. The van der Waals surface area contributed by atoms with Gasteiger partial charge in [0.2, 0.25) is 0 Å². The molecule has 0 aliphatic heterocycles. The highest BCUT2D eigenvalue weighted by Crippen LogP contribution is 2.28. The summed E-state index contributed by atoms with van der Waals surface area (Å²) in [6.07, 6.45) is 4.00. The zero-order chi connectivity index (χ0) is 28.4. The minimum atomic E-state index is 0.248. The van der Waals surface area contributed by atoms with E-state index in [9.17, 15) is 5.11 Å². The maximum Gasteiger partial charge on any atom is 0.134 e. The maximum atomic E-state index is 10.1. The Hall–Kier alpha value is -4.28. The predicted octanol–water partition coefficient (Wildman–Crippen LogP) is 8.71. The van der Waals surface area contributed by atoms with Crippen LogP contribution < -0.4 is 4.74 Å². The van der Waals surface area contributed by atoms with E-state index in [4.69, 9.17) is 9.15 Å². The van der Waals surface area contributed by atoms with E-state index in [1.807, 2.05) is 25.1 Å². The van der Waals surface area contributed by atoms with Crippen LogP contribution in [0.25, 0.3) is 11.0 Å². The van der Waals surface area contributed by atoms with Gasteiger partial charge in [0.05, 0.1) is 12.9 Å². The molecule has 1 aromatic heterocycles. The molecule has 1 N–H and O–H groups in total. The van der Waals surface area contributed by atoms with Crippen LogP contribution in [-0.4, -0.2) is 30.2 Å². The topological polar surface area (TPSA) is 45.8 Å². The Morgan fingerprint density at radius 2 is 1.51 bits per heavy atom. The fourth-order valence-electron chi connectivity index (χ4n) is 5.41. The summed E-state index contributed by atoms with van der Waals surface area (Å²) >= 11 is 0. The Morgan fingerprint density at radius 3 is 2.15 bits per heavy atom. The molecule has 0 spiro atoms. The van der Waals surface area contributed by atoms with Crippen LogP contribution in [0.5, 0.6) is 5.75 Å². The SMILES string of the molecule is CC/C=C(\O)Cc1ccc2cc(CCN(Cc3ccc(OC)cc3)CC(c3ccccc3)c3ccccc3)oc2c1. The second-order valence-electron chi connectivity index (χ2n) is 10.6. The van der Waals surface area contributed by atoms with E-state index in [2.05, 4.69) is 102 Å². The molecule has 1 heterocycles. The third-order valence-electron chi connectivity index (χ3n) is 7.54. The van der Waals surface area contributed by atoms with Crippen molar-refractivity contribution in [3.05, 3.63) is 149 Å². The molecular formula is C37H39NO3. The number of hydrogen-bond acceptors (Lipinski definition) is 4.